The van der Waals surface area contributed by atoms with Crippen LogP contribution in [0.1, 0.15) is 23.6 Å². The highest BCUT2D eigenvalue weighted by atomic mass is 19.1. The molecule has 1 N–H and O–H groups in total. The van der Waals surface area contributed by atoms with Gasteiger partial charge in [0.15, 0.2) is 22.8 Å². The standard InChI is InChI=1S/C20H20FN7O3/c1-12-8-14(27-31-12)18-25-24-17-9-15(29-2)19(26-28(17)18)30-10-13-4-3-5-16(23-13)20(21)6-7-22-11-20/h3-5,8-9,22H,6-7,10-11H2,1-2H3. The predicted molar refractivity (Wildman–Crippen MR) is 106 cm³/mol. The first-order chi connectivity index (χ1) is 15.1. The van der Waals surface area contributed by atoms with Gasteiger partial charge in [0, 0.05) is 25.1 Å². The summed E-state index contributed by atoms with van der Waals surface area (Å²) in [5.74, 6) is 1.67. The summed E-state index contributed by atoms with van der Waals surface area (Å²) in [4.78, 5) is 4.45. The highest BCUT2D eigenvalue weighted by Crippen LogP contribution is 2.31. The second-order valence-electron chi connectivity index (χ2n) is 7.33. The van der Waals surface area contributed by atoms with E-state index in [0.29, 0.717) is 53.0 Å². The van der Waals surface area contributed by atoms with Crippen molar-refractivity contribution in [3.63, 3.8) is 0 Å². The number of aromatic nitrogens is 6. The molecule has 10 nitrogen and oxygen atoms in total. The van der Waals surface area contributed by atoms with Gasteiger partial charge in [0.2, 0.25) is 5.82 Å². The van der Waals surface area contributed by atoms with E-state index < -0.39 is 5.67 Å². The van der Waals surface area contributed by atoms with Crippen LogP contribution in [0.25, 0.3) is 17.2 Å². The molecule has 4 aromatic rings. The third-order valence-electron chi connectivity index (χ3n) is 5.13. The minimum Gasteiger partial charge on any atom is -0.491 e. The maximum atomic E-state index is 15.0. The van der Waals surface area contributed by atoms with Crippen molar-refractivity contribution in [1.29, 1.82) is 0 Å². The van der Waals surface area contributed by atoms with Crippen LogP contribution in [-0.2, 0) is 12.3 Å². The van der Waals surface area contributed by atoms with Crippen molar-refractivity contribution in [2.75, 3.05) is 20.2 Å². The predicted octanol–water partition coefficient (Wildman–Crippen LogP) is 2.23. The molecule has 1 atom stereocenters. The summed E-state index contributed by atoms with van der Waals surface area (Å²) >= 11 is 0. The summed E-state index contributed by atoms with van der Waals surface area (Å²) < 4.78 is 32.9. The Morgan fingerprint density at radius 2 is 2.19 bits per heavy atom. The number of hydrogen-bond acceptors (Lipinski definition) is 9. The SMILES string of the molecule is COc1cc2nnc(-c3cc(C)on3)n2nc1OCc1cccc(C2(F)CCNC2)n1. The fourth-order valence-corrected chi connectivity index (χ4v) is 3.51. The summed E-state index contributed by atoms with van der Waals surface area (Å²) in [6.45, 7) is 2.77. The lowest BCUT2D eigenvalue weighted by atomic mass is 10.0. The Morgan fingerprint density at radius 3 is 2.94 bits per heavy atom. The van der Waals surface area contributed by atoms with Crippen LogP contribution in [-0.4, -0.2) is 50.2 Å². The third-order valence-corrected chi connectivity index (χ3v) is 5.13. The van der Waals surface area contributed by atoms with E-state index in [1.807, 2.05) is 0 Å². The Labute approximate surface area is 176 Å². The average Bonchev–Trinajstić information content (AvgIpc) is 3.51. The summed E-state index contributed by atoms with van der Waals surface area (Å²) in [6.07, 6.45) is 0.397. The van der Waals surface area contributed by atoms with Gasteiger partial charge < -0.3 is 19.3 Å². The fraction of sp³-hybridized carbons (Fsp3) is 0.350. The van der Waals surface area contributed by atoms with Gasteiger partial charge in [0.1, 0.15) is 12.4 Å². The zero-order valence-corrected chi connectivity index (χ0v) is 17.0. The van der Waals surface area contributed by atoms with Crippen LogP contribution in [0.4, 0.5) is 4.39 Å². The minimum absolute atomic E-state index is 0.0900. The fourth-order valence-electron chi connectivity index (χ4n) is 3.51. The van der Waals surface area contributed by atoms with Crippen LogP contribution in [0.3, 0.4) is 0 Å². The van der Waals surface area contributed by atoms with E-state index in [1.54, 1.807) is 37.3 Å². The first kappa shape index (κ1) is 19.4. The molecule has 0 saturated carbocycles. The lowest BCUT2D eigenvalue weighted by Gasteiger charge is -2.18. The summed E-state index contributed by atoms with van der Waals surface area (Å²) in [5, 5.41) is 19.7. The molecule has 0 spiro atoms. The molecule has 11 heteroatoms. The van der Waals surface area contributed by atoms with Gasteiger partial charge in [-0.1, -0.05) is 11.2 Å². The molecular weight excluding hydrogens is 405 g/mol. The van der Waals surface area contributed by atoms with E-state index in [9.17, 15) is 0 Å². The molecule has 0 aliphatic carbocycles. The molecule has 0 aromatic carbocycles. The van der Waals surface area contributed by atoms with Crippen LogP contribution in [0.15, 0.2) is 34.9 Å². The number of nitrogens with one attached hydrogen (secondary N) is 1. The molecule has 5 rings (SSSR count). The van der Waals surface area contributed by atoms with Gasteiger partial charge in [0.25, 0.3) is 5.88 Å². The van der Waals surface area contributed by atoms with E-state index in [0.717, 1.165) is 0 Å². The minimum atomic E-state index is -1.46. The van der Waals surface area contributed by atoms with E-state index in [1.165, 1.54) is 11.6 Å². The van der Waals surface area contributed by atoms with Crippen molar-refractivity contribution in [2.45, 2.75) is 25.6 Å². The molecule has 160 valence electrons. The van der Waals surface area contributed by atoms with Crippen molar-refractivity contribution in [1.82, 2.24) is 35.3 Å². The molecule has 31 heavy (non-hydrogen) atoms. The number of aryl methyl sites for hydroxylation is 1. The summed E-state index contributed by atoms with van der Waals surface area (Å²) in [7, 11) is 1.51. The number of pyridine rings is 1. The first-order valence-corrected chi connectivity index (χ1v) is 9.79. The lowest BCUT2D eigenvalue weighted by Crippen LogP contribution is -2.25. The van der Waals surface area contributed by atoms with Gasteiger partial charge in [-0.25, -0.2) is 4.39 Å². The zero-order valence-electron chi connectivity index (χ0n) is 17.0. The third kappa shape index (κ3) is 3.56. The zero-order chi connectivity index (χ0) is 21.4. The Morgan fingerprint density at radius 1 is 1.29 bits per heavy atom. The summed E-state index contributed by atoms with van der Waals surface area (Å²) in [6, 6.07) is 8.66. The molecule has 0 amide bonds. The topological polar surface area (TPSA) is 112 Å². The average molecular weight is 425 g/mol. The van der Waals surface area contributed by atoms with E-state index in [2.05, 4.69) is 30.8 Å². The first-order valence-electron chi connectivity index (χ1n) is 9.79. The van der Waals surface area contributed by atoms with Crippen molar-refractivity contribution in [3.05, 3.63) is 47.5 Å². The van der Waals surface area contributed by atoms with Crippen molar-refractivity contribution in [3.8, 4) is 23.1 Å². The number of nitrogens with zero attached hydrogens (tertiary/aromatic N) is 6. The Hall–Kier alpha value is -3.60. The molecule has 0 bridgehead atoms. The number of alkyl halides is 1. The van der Waals surface area contributed by atoms with Crippen molar-refractivity contribution in [2.24, 2.45) is 0 Å². The Bertz CT molecular complexity index is 1230. The largest absolute Gasteiger partial charge is 0.491 e. The molecule has 1 aliphatic rings. The smallest absolute Gasteiger partial charge is 0.275 e. The molecule has 1 saturated heterocycles. The molecule has 1 fully saturated rings. The number of methoxy groups -OCH3 is 1. The monoisotopic (exact) mass is 425 g/mol. The molecule has 1 unspecified atom stereocenters. The highest BCUT2D eigenvalue weighted by molar-refractivity contribution is 5.56. The number of rotatable bonds is 6. The molecular formula is C20H20FN7O3. The van der Waals surface area contributed by atoms with E-state index >= 15 is 4.39 Å². The van der Waals surface area contributed by atoms with Crippen LogP contribution in [0, 0.1) is 6.92 Å². The molecule has 4 aromatic heterocycles. The van der Waals surface area contributed by atoms with Gasteiger partial charge in [0.05, 0.1) is 18.5 Å². The Kier molecular flexibility index (Phi) is 4.74. The van der Waals surface area contributed by atoms with Gasteiger partial charge in [-0.3, -0.25) is 4.98 Å². The van der Waals surface area contributed by atoms with Crippen molar-refractivity contribution >= 4 is 5.65 Å². The summed E-state index contributed by atoms with van der Waals surface area (Å²) in [5.41, 5.74) is 0.491. The van der Waals surface area contributed by atoms with E-state index in [-0.39, 0.29) is 19.0 Å². The van der Waals surface area contributed by atoms with Crippen LogP contribution in [0.5, 0.6) is 11.6 Å². The molecule has 0 radical (unpaired) electrons. The normalized spacial score (nSPS) is 18.5. The van der Waals surface area contributed by atoms with Gasteiger partial charge in [-0.05, 0) is 25.6 Å². The lowest BCUT2D eigenvalue weighted by molar-refractivity contribution is 0.185. The number of fused-ring (bicyclic) bond motifs is 1. The highest BCUT2D eigenvalue weighted by Gasteiger charge is 2.37. The van der Waals surface area contributed by atoms with Gasteiger partial charge in [-0.2, -0.15) is 4.52 Å². The number of halogens is 1. The maximum Gasteiger partial charge on any atom is 0.275 e. The quantitative estimate of drug-likeness (QED) is 0.497. The number of hydrogen-bond donors (Lipinski definition) is 1. The van der Waals surface area contributed by atoms with Crippen LogP contribution < -0.4 is 14.8 Å². The van der Waals surface area contributed by atoms with Crippen LogP contribution in [0.2, 0.25) is 0 Å². The second-order valence-corrected chi connectivity index (χ2v) is 7.33. The Balaban J connectivity index is 1.43. The second kappa shape index (κ2) is 7.58. The van der Waals surface area contributed by atoms with Crippen molar-refractivity contribution < 1.29 is 18.4 Å². The molecule has 5 heterocycles. The van der Waals surface area contributed by atoms with Gasteiger partial charge >= 0.3 is 0 Å². The van der Waals surface area contributed by atoms with Crippen LogP contribution >= 0.6 is 0 Å². The molecule has 1 aliphatic heterocycles. The maximum absolute atomic E-state index is 15.0. The van der Waals surface area contributed by atoms with E-state index in [4.69, 9.17) is 14.0 Å². The number of ether oxygens (including phenoxy) is 2. The van der Waals surface area contributed by atoms with Gasteiger partial charge in [-0.15, -0.1) is 15.3 Å².